The predicted octanol–water partition coefficient (Wildman–Crippen LogP) is 1.89. The van der Waals surface area contributed by atoms with E-state index in [9.17, 15) is 14.0 Å². The fraction of sp³-hybridized carbons (Fsp3) is 0.333. The zero-order valence-corrected chi connectivity index (χ0v) is 12.3. The lowest BCUT2D eigenvalue weighted by Crippen LogP contribution is -2.42. The van der Waals surface area contributed by atoms with E-state index >= 15 is 0 Å². The molecule has 0 bridgehead atoms. The molecule has 7 heteroatoms. The standard InChI is InChI=1S/C12H12FIN2O3/c1-7(17)15-5-9-6-19-12(18)16(9)8-2-3-11(14)10(13)4-8/h2-4,9H,5-6H2,1H3,(H,15,17)/t9-/m1/s1. The Morgan fingerprint density at radius 1 is 1.63 bits per heavy atom. The van der Waals surface area contributed by atoms with Gasteiger partial charge in [-0.05, 0) is 40.8 Å². The van der Waals surface area contributed by atoms with Gasteiger partial charge in [0, 0.05) is 17.0 Å². The van der Waals surface area contributed by atoms with Crippen LogP contribution >= 0.6 is 22.6 Å². The largest absolute Gasteiger partial charge is 0.447 e. The molecule has 1 atom stereocenters. The number of halogens is 2. The Bertz CT molecular complexity index is 524. The molecule has 1 aliphatic heterocycles. The second-order valence-electron chi connectivity index (χ2n) is 4.14. The van der Waals surface area contributed by atoms with E-state index in [1.807, 2.05) is 22.6 Å². The molecule has 0 saturated carbocycles. The van der Waals surface area contributed by atoms with Crippen LogP contribution in [0.5, 0.6) is 0 Å². The van der Waals surface area contributed by atoms with Gasteiger partial charge in [0.15, 0.2) is 0 Å². The third kappa shape index (κ3) is 3.14. The van der Waals surface area contributed by atoms with Gasteiger partial charge in [-0.1, -0.05) is 0 Å². The maximum Gasteiger partial charge on any atom is 0.414 e. The van der Waals surface area contributed by atoms with Crippen molar-refractivity contribution in [3.63, 3.8) is 0 Å². The second kappa shape index (κ2) is 5.72. The molecule has 1 aromatic rings. The van der Waals surface area contributed by atoms with E-state index in [0.717, 1.165) is 0 Å². The molecule has 1 N–H and O–H groups in total. The van der Waals surface area contributed by atoms with Gasteiger partial charge in [-0.2, -0.15) is 0 Å². The van der Waals surface area contributed by atoms with E-state index < -0.39 is 11.9 Å². The summed E-state index contributed by atoms with van der Waals surface area (Å²) in [7, 11) is 0. The van der Waals surface area contributed by atoms with E-state index in [4.69, 9.17) is 4.74 Å². The van der Waals surface area contributed by atoms with Crippen LogP contribution in [-0.4, -0.2) is 31.2 Å². The highest BCUT2D eigenvalue weighted by Gasteiger charge is 2.34. The molecule has 0 aromatic heterocycles. The lowest BCUT2D eigenvalue weighted by atomic mass is 10.2. The zero-order valence-electron chi connectivity index (χ0n) is 10.2. The minimum Gasteiger partial charge on any atom is -0.447 e. The number of carbonyl (C=O) groups excluding carboxylic acids is 2. The summed E-state index contributed by atoms with van der Waals surface area (Å²) in [4.78, 5) is 24.0. The normalized spacial score (nSPS) is 18.4. The molecule has 2 rings (SSSR count). The first-order valence-corrected chi connectivity index (χ1v) is 6.72. The molecule has 1 saturated heterocycles. The van der Waals surface area contributed by atoms with Gasteiger partial charge in [0.1, 0.15) is 12.4 Å². The fourth-order valence-corrected chi connectivity index (χ4v) is 2.16. The molecule has 102 valence electrons. The van der Waals surface area contributed by atoms with E-state index in [1.165, 1.54) is 17.9 Å². The summed E-state index contributed by atoms with van der Waals surface area (Å²) < 4.78 is 19.0. The third-order valence-corrected chi connectivity index (χ3v) is 3.60. The van der Waals surface area contributed by atoms with Crippen LogP contribution in [0.1, 0.15) is 6.92 Å². The van der Waals surface area contributed by atoms with Crippen LogP contribution in [0.15, 0.2) is 18.2 Å². The molecular weight excluding hydrogens is 366 g/mol. The van der Waals surface area contributed by atoms with Crippen molar-refractivity contribution in [2.75, 3.05) is 18.1 Å². The summed E-state index contributed by atoms with van der Waals surface area (Å²) in [6, 6.07) is 4.20. The zero-order chi connectivity index (χ0) is 14.0. The maximum atomic E-state index is 13.5. The van der Waals surface area contributed by atoms with Crippen molar-refractivity contribution >= 4 is 40.3 Å². The molecule has 1 aromatic carbocycles. The highest BCUT2D eigenvalue weighted by Crippen LogP contribution is 2.25. The summed E-state index contributed by atoms with van der Waals surface area (Å²) in [6.45, 7) is 1.84. The molecule has 1 fully saturated rings. The number of rotatable bonds is 3. The third-order valence-electron chi connectivity index (χ3n) is 2.73. The second-order valence-corrected chi connectivity index (χ2v) is 5.30. The van der Waals surface area contributed by atoms with Crippen molar-refractivity contribution in [2.45, 2.75) is 13.0 Å². The van der Waals surface area contributed by atoms with Crippen LogP contribution in [0.2, 0.25) is 0 Å². The Morgan fingerprint density at radius 3 is 3.00 bits per heavy atom. The minimum absolute atomic E-state index is 0.173. The summed E-state index contributed by atoms with van der Waals surface area (Å²) in [5.74, 6) is -0.579. The number of cyclic esters (lactones) is 1. The van der Waals surface area contributed by atoms with Gasteiger partial charge >= 0.3 is 6.09 Å². The van der Waals surface area contributed by atoms with Crippen LogP contribution in [0, 0.1) is 9.39 Å². The quantitative estimate of drug-likeness (QED) is 0.818. The Kier molecular flexibility index (Phi) is 4.23. The highest BCUT2D eigenvalue weighted by molar-refractivity contribution is 14.1. The SMILES string of the molecule is CC(=O)NC[C@@H]1COC(=O)N1c1ccc(I)c(F)c1. The predicted molar refractivity (Wildman–Crippen MR) is 75.4 cm³/mol. The number of nitrogens with one attached hydrogen (secondary N) is 1. The van der Waals surface area contributed by atoms with E-state index in [-0.39, 0.29) is 25.1 Å². The average Bonchev–Trinajstić information content (AvgIpc) is 2.71. The summed E-state index contributed by atoms with van der Waals surface area (Å²) in [5.41, 5.74) is 0.427. The maximum absolute atomic E-state index is 13.5. The minimum atomic E-state index is -0.532. The molecule has 2 amide bonds. The molecule has 19 heavy (non-hydrogen) atoms. The molecule has 0 spiro atoms. The molecule has 0 radical (unpaired) electrons. The van der Waals surface area contributed by atoms with Crippen LogP contribution in [0.4, 0.5) is 14.9 Å². The summed E-state index contributed by atoms with van der Waals surface area (Å²) in [5, 5.41) is 2.63. The van der Waals surface area contributed by atoms with Gasteiger partial charge in [-0.15, -0.1) is 0 Å². The first-order chi connectivity index (χ1) is 8.99. The highest BCUT2D eigenvalue weighted by atomic mass is 127. The van der Waals surface area contributed by atoms with Crippen molar-refractivity contribution in [1.82, 2.24) is 5.32 Å². The first kappa shape index (κ1) is 14.0. The van der Waals surface area contributed by atoms with Gasteiger partial charge in [-0.25, -0.2) is 9.18 Å². The van der Waals surface area contributed by atoms with Gasteiger partial charge in [0.25, 0.3) is 0 Å². The smallest absolute Gasteiger partial charge is 0.414 e. The van der Waals surface area contributed by atoms with Crippen molar-refractivity contribution < 1.29 is 18.7 Å². The lowest BCUT2D eigenvalue weighted by Gasteiger charge is -2.21. The number of hydrogen-bond acceptors (Lipinski definition) is 3. The monoisotopic (exact) mass is 378 g/mol. The Labute approximate surface area is 123 Å². The van der Waals surface area contributed by atoms with Crippen LogP contribution < -0.4 is 10.2 Å². The Morgan fingerprint density at radius 2 is 2.37 bits per heavy atom. The number of amides is 2. The van der Waals surface area contributed by atoms with Gasteiger partial charge in [-0.3, -0.25) is 9.69 Å². The van der Waals surface area contributed by atoms with Crippen LogP contribution in [0.25, 0.3) is 0 Å². The number of hydrogen-bond donors (Lipinski definition) is 1. The summed E-state index contributed by atoms with van der Waals surface area (Å²) >= 11 is 1.87. The van der Waals surface area contributed by atoms with E-state index in [1.54, 1.807) is 12.1 Å². The molecule has 0 aliphatic carbocycles. The molecule has 1 aliphatic rings. The first-order valence-electron chi connectivity index (χ1n) is 5.64. The topological polar surface area (TPSA) is 58.6 Å². The fourth-order valence-electron chi connectivity index (χ4n) is 1.82. The van der Waals surface area contributed by atoms with Crippen LogP contribution in [0.3, 0.4) is 0 Å². The van der Waals surface area contributed by atoms with Crippen molar-refractivity contribution in [2.24, 2.45) is 0 Å². The van der Waals surface area contributed by atoms with Crippen molar-refractivity contribution in [1.29, 1.82) is 0 Å². The Balaban J connectivity index is 2.20. The van der Waals surface area contributed by atoms with Gasteiger partial charge in [0.2, 0.25) is 5.91 Å². The lowest BCUT2D eigenvalue weighted by molar-refractivity contribution is -0.119. The molecule has 1 heterocycles. The number of nitrogens with zero attached hydrogens (tertiary/aromatic N) is 1. The number of ether oxygens (including phenoxy) is 1. The molecular formula is C12H12FIN2O3. The van der Waals surface area contributed by atoms with E-state index in [2.05, 4.69) is 5.32 Å². The molecule has 0 unspecified atom stereocenters. The van der Waals surface area contributed by atoms with Gasteiger partial charge in [0.05, 0.1) is 11.7 Å². The summed E-state index contributed by atoms with van der Waals surface area (Å²) in [6.07, 6.45) is -0.532. The molecule has 5 nitrogen and oxygen atoms in total. The number of carbonyl (C=O) groups is 2. The van der Waals surface area contributed by atoms with Crippen molar-refractivity contribution in [3.8, 4) is 0 Å². The van der Waals surface area contributed by atoms with E-state index in [0.29, 0.717) is 9.26 Å². The van der Waals surface area contributed by atoms with Crippen LogP contribution in [-0.2, 0) is 9.53 Å². The Hall–Kier alpha value is -1.38. The van der Waals surface area contributed by atoms with Gasteiger partial charge < -0.3 is 10.1 Å². The number of anilines is 1. The number of benzene rings is 1. The average molecular weight is 378 g/mol. The van der Waals surface area contributed by atoms with Crippen molar-refractivity contribution in [3.05, 3.63) is 27.6 Å².